The summed E-state index contributed by atoms with van der Waals surface area (Å²) in [4.78, 5) is 30.2. The average Bonchev–Trinajstić information content (AvgIpc) is 3.11. The van der Waals surface area contributed by atoms with Crippen molar-refractivity contribution in [3.8, 4) is 5.75 Å². The zero-order valence-electron chi connectivity index (χ0n) is 19.8. The number of morpholine rings is 1. The maximum absolute atomic E-state index is 13.2. The van der Waals surface area contributed by atoms with E-state index in [1.807, 2.05) is 44.2 Å². The van der Waals surface area contributed by atoms with Crippen LogP contribution in [0, 0.1) is 6.92 Å². The monoisotopic (exact) mass is 464 g/mol. The zero-order chi connectivity index (χ0) is 24.1. The van der Waals surface area contributed by atoms with E-state index in [1.165, 1.54) is 0 Å². The smallest absolute Gasteiger partial charge is 0.295 e. The van der Waals surface area contributed by atoms with Crippen molar-refractivity contribution >= 4 is 17.4 Å². The lowest BCUT2D eigenvalue weighted by Gasteiger charge is -2.29. The minimum Gasteiger partial charge on any atom is -0.507 e. The number of likely N-dealkylation sites (tertiary alicyclic amines) is 1. The summed E-state index contributed by atoms with van der Waals surface area (Å²) in [6, 6.07) is 14.1. The van der Waals surface area contributed by atoms with E-state index in [0.29, 0.717) is 18.7 Å². The van der Waals surface area contributed by atoms with Crippen LogP contribution in [0.5, 0.6) is 5.75 Å². The molecule has 0 spiro atoms. The highest BCUT2D eigenvalue weighted by atomic mass is 16.5. The van der Waals surface area contributed by atoms with E-state index in [2.05, 4.69) is 4.90 Å². The Morgan fingerprint density at radius 3 is 2.50 bits per heavy atom. The van der Waals surface area contributed by atoms with Gasteiger partial charge in [-0.2, -0.15) is 0 Å². The molecular weight excluding hydrogens is 432 g/mol. The third-order valence-corrected chi connectivity index (χ3v) is 6.38. The number of aliphatic hydroxyl groups excluding tert-OH is 1. The van der Waals surface area contributed by atoms with Crippen molar-refractivity contribution in [2.24, 2.45) is 0 Å². The number of hydrogen-bond donors (Lipinski definition) is 1. The van der Waals surface area contributed by atoms with Crippen LogP contribution in [0.25, 0.3) is 5.76 Å². The third-order valence-electron chi connectivity index (χ3n) is 6.38. The fourth-order valence-corrected chi connectivity index (χ4v) is 4.65. The lowest BCUT2D eigenvalue weighted by atomic mass is 9.95. The molecule has 1 amide bonds. The molecule has 0 aliphatic carbocycles. The van der Waals surface area contributed by atoms with Gasteiger partial charge in [0.2, 0.25) is 0 Å². The molecular formula is C27H32N2O5. The van der Waals surface area contributed by atoms with Crippen molar-refractivity contribution in [3.05, 3.63) is 70.8 Å². The number of nitrogens with zero attached hydrogens (tertiary/aromatic N) is 2. The summed E-state index contributed by atoms with van der Waals surface area (Å²) in [5, 5.41) is 11.2. The predicted octanol–water partition coefficient (Wildman–Crippen LogP) is 3.54. The van der Waals surface area contributed by atoms with Gasteiger partial charge in [0.15, 0.2) is 0 Å². The summed E-state index contributed by atoms with van der Waals surface area (Å²) in [5.41, 5.74) is 2.28. The van der Waals surface area contributed by atoms with Gasteiger partial charge in [-0.3, -0.25) is 14.5 Å². The molecule has 2 fully saturated rings. The molecule has 34 heavy (non-hydrogen) atoms. The highest BCUT2D eigenvalue weighted by Gasteiger charge is 2.45. The van der Waals surface area contributed by atoms with Gasteiger partial charge in [0, 0.05) is 31.7 Å². The molecule has 1 unspecified atom stereocenters. The molecule has 0 bridgehead atoms. The fraction of sp³-hybridized carbons (Fsp3) is 0.407. The number of benzene rings is 2. The first-order valence-corrected chi connectivity index (χ1v) is 11.9. The first kappa shape index (κ1) is 24.0. The quantitative estimate of drug-likeness (QED) is 0.366. The minimum atomic E-state index is -0.649. The number of ether oxygens (including phenoxy) is 2. The van der Waals surface area contributed by atoms with Crippen LogP contribution in [0.4, 0.5) is 0 Å². The van der Waals surface area contributed by atoms with Gasteiger partial charge in [0.05, 0.1) is 31.4 Å². The highest BCUT2D eigenvalue weighted by Crippen LogP contribution is 2.39. The van der Waals surface area contributed by atoms with Crippen LogP contribution in [0.1, 0.15) is 36.1 Å². The lowest BCUT2D eigenvalue weighted by Crippen LogP contribution is -2.38. The van der Waals surface area contributed by atoms with Crippen LogP contribution in [0.3, 0.4) is 0 Å². The molecule has 2 heterocycles. The Morgan fingerprint density at radius 2 is 1.82 bits per heavy atom. The van der Waals surface area contributed by atoms with Gasteiger partial charge in [0.25, 0.3) is 11.7 Å². The van der Waals surface area contributed by atoms with Crippen LogP contribution < -0.4 is 4.74 Å². The van der Waals surface area contributed by atoms with Crippen LogP contribution in [0.2, 0.25) is 0 Å². The number of carbonyl (C=O) groups is 2. The number of amides is 1. The molecule has 7 nitrogen and oxygen atoms in total. The van der Waals surface area contributed by atoms with Crippen LogP contribution >= 0.6 is 0 Å². The van der Waals surface area contributed by atoms with Crippen molar-refractivity contribution in [1.82, 2.24) is 9.80 Å². The molecule has 2 saturated heterocycles. The van der Waals surface area contributed by atoms with Crippen molar-refractivity contribution < 1.29 is 24.2 Å². The van der Waals surface area contributed by atoms with Crippen LogP contribution in [0.15, 0.2) is 54.1 Å². The topological polar surface area (TPSA) is 79.3 Å². The number of aryl methyl sites for hydroxylation is 1. The van der Waals surface area contributed by atoms with E-state index < -0.39 is 17.7 Å². The molecule has 2 aromatic rings. The second-order valence-corrected chi connectivity index (χ2v) is 8.62. The van der Waals surface area contributed by atoms with E-state index in [4.69, 9.17) is 9.47 Å². The Balaban J connectivity index is 1.65. The molecule has 2 aliphatic heterocycles. The largest absolute Gasteiger partial charge is 0.507 e. The molecule has 4 rings (SSSR count). The molecule has 1 N–H and O–H groups in total. The van der Waals surface area contributed by atoms with Gasteiger partial charge in [-0.05, 0) is 49.6 Å². The van der Waals surface area contributed by atoms with Gasteiger partial charge in [-0.25, -0.2) is 0 Å². The Labute approximate surface area is 200 Å². The standard InChI is InChI=1S/C27H32N2O5/c1-3-34-22-11-10-21(18-19(22)2)25(30)23-24(20-8-5-4-6-9-20)29(27(32)26(23)31)13-7-12-28-14-16-33-17-15-28/h4-6,8-11,18,24,30H,3,7,12-17H2,1-2H3/b25-23-. The van der Waals surface area contributed by atoms with Crippen LogP contribution in [-0.4, -0.2) is 72.6 Å². The Hall–Kier alpha value is -3.16. The summed E-state index contributed by atoms with van der Waals surface area (Å²) in [7, 11) is 0. The zero-order valence-corrected chi connectivity index (χ0v) is 19.8. The Kier molecular flexibility index (Phi) is 7.65. The van der Waals surface area contributed by atoms with Crippen molar-refractivity contribution in [2.75, 3.05) is 46.0 Å². The summed E-state index contributed by atoms with van der Waals surface area (Å²) >= 11 is 0. The number of hydrogen-bond acceptors (Lipinski definition) is 6. The predicted molar refractivity (Wildman–Crippen MR) is 130 cm³/mol. The van der Waals surface area contributed by atoms with E-state index in [1.54, 1.807) is 23.1 Å². The van der Waals surface area contributed by atoms with E-state index in [-0.39, 0.29) is 11.3 Å². The van der Waals surface area contributed by atoms with Crippen molar-refractivity contribution in [1.29, 1.82) is 0 Å². The third kappa shape index (κ3) is 5.00. The van der Waals surface area contributed by atoms with Gasteiger partial charge in [0.1, 0.15) is 11.5 Å². The molecule has 1 atom stereocenters. The maximum atomic E-state index is 13.2. The number of ketones is 1. The average molecular weight is 465 g/mol. The molecule has 7 heteroatoms. The molecule has 2 aromatic carbocycles. The molecule has 0 aromatic heterocycles. The van der Waals surface area contributed by atoms with Gasteiger partial charge in [-0.15, -0.1) is 0 Å². The first-order valence-electron chi connectivity index (χ1n) is 11.9. The summed E-state index contributed by atoms with van der Waals surface area (Å²) in [5.74, 6) is -0.652. The normalized spacial score (nSPS) is 20.6. The van der Waals surface area contributed by atoms with E-state index in [9.17, 15) is 14.7 Å². The molecule has 0 radical (unpaired) electrons. The van der Waals surface area contributed by atoms with Crippen molar-refractivity contribution in [2.45, 2.75) is 26.3 Å². The Morgan fingerprint density at radius 1 is 1.09 bits per heavy atom. The number of rotatable bonds is 8. The molecule has 2 aliphatic rings. The number of aliphatic hydroxyl groups is 1. The Bertz CT molecular complexity index is 1060. The van der Waals surface area contributed by atoms with Crippen LogP contribution in [-0.2, 0) is 14.3 Å². The molecule has 180 valence electrons. The SMILES string of the molecule is CCOc1ccc(/C(O)=C2/C(=O)C(=O)N(CCCN3CCOCC3)C2c2ccccc2)cc1C. The highest BCUT2D eigenvalue weighted by molar-refractivity contribution is 6.46. The first-order chi connectivity index (χ1) is 16.5. The van der Waals surface area contributed by atoms with E-state index in [0.717, 1.165) is 56.1 Å². The van der Waals surface area contributed by atoms with Gasteiger partial charge >= 0.3 is 0 Å². The van der Waals surface area contributed by atoms with Gasteiger partial charge < -0.3 is 19.5 Å². The lowest BCUT2D eigenvalue weighted by molar-refractivity contribution is -0.140. The summed E-state index contributed by atoms with van der Waals surface area (Å²) in [6.07, 6.45) is 0.735. The maximum Gasteiger partial charge on any atom is 0.295 e. The number of carbonyl (C=O) groups excluding carboxylic acids is 2. The second kappa shape index (κ2) is 10.8. The molecule has 0 saturated carbocycles. The fourth-order valence-electron chi connectivity index (χ4n) is 4.65. The second-order valence-electron chi connectivity index (χ2n) is 8.62. The minimum absolute atomic E-state index is 0.131. The van der Waals surface area contributed by atoms with Gasteiger partial charge in [-0.1, -0.05) is 30.3 Å². The summed E-state index contributed by atoms with van der Waals surface area (Å²) < 4.78 is 11.0. The van der Waals surface area contributed by atoms with E-state index >= 15 is 0 Å². The van der Waals surface area contributed by atoms with Crippen molar-refractivity contribution in [3.63, 3.8) is 0 Å². The summed E-state index contributed by atoms with van der Waals surface area (Å²) in [6.45, 7) is 8.78. The number of Topliss-reactive ketones (excluding diaryl/α,β-unsaturated/α-hetero) is 1.